The third kappa shape index (κ3) is 3.60. The molecule has 2 unspecified atom stereocenters. The minimum absolute atomic E-state index is 0.103. The fourth-order valence-corrected chi connectivity index (χ4v) is 4.94. The van der Waals surface area contributed by atoms with Gasteiger partial charge in [0.15, 0.2) is 0 Å². The summed E-state index contributed by atoms with van der Waals surface area (Å²) in [5.41, 5.74) is 1.37. The molecular weight excluding hydrogens is 406 g/mol. The van der Waals surface area contributed by atoms with Crippen molar-refractivity contribution in [1.82, 2.24) is 0 Å². The zero-order valence-electron chi connectivity index (χ0n) is 18.2. The van der Waals surface area contributed by atoms with Gasteiger partial charge in [-0.15, -0.1) is 0 Å². The first kappa shape index (κ1) is 20.5. The fraction of sp³-hybridized carbons (Fsp3) is 0.308. The van der Waals surface area contributed by atoms with Crippen LogP contribution in [0.2, 0.25) is 0 Å². The van der Waals surface area contributed by atoms with Crippen LogP contribution >= 0.6 is 0 Å². The first-order valence-electron chi connectivity index (χ1n) is 11.0. The Labute approximate surface area is 184 Å². The largest absolute Gasteiger partial charge is 0.872 e. The van der Waals surface area contributed by atoms with Crippen LogP contribution in [-0.4, -0.2) is 13.1 Å². The molecule has 0 radical (unpaired) electrons. The number of hydrogen-bond acceptors (Lipinski definition) is 5. The lowest BCUT2D eigenvalue weighted by Gasteiger charge is -2.30. The summed E-state index contributed by atoms with van der Waals surface area (Å²) < 4.78 is 10.9. The molecule has 0 amide bonds. The van der Waals surface area contributed by atoms with Crippen LogP contribution in [0.15, 0.2) is 60.9 Å². The number of benzene rings is 2. The zero-order valence-corrected chi connectivity index (χ0v) is 18.2. The van der Waals surface area contributed by atoms with Crippen molar-refractivity contribution < 1.29 is 18.8 Å². The van der Waals surface area contributed by atoms with Crippen molar-refractivity contribution in [1.29, 1.82) is 0 Å². The average Bonchev–Trinajstić information content (AvgIpc) is 2.77. The van der Waals surface area contributed by atoms with Crippen molar-refractivity contribution in [3.63, 3.8) is 0 Å². The molecule has 0 bridgehead atoms. The van der Waals surface area contributed by atoms with Gasteiger partial charge in [-0.2, -0.15) is 0 Å². The minimum atomic E-state index is -0.606. The van der Waals surface area contributed by atoms with Crippen LogP contribution in [0.25, 0.3) is 33.1 Å². The van der Waals surface area contributed by atoms with Crippen molar-refractivity contribution >= 4 is 21.9 Å². The molecule has 164 valence electrons. The maximum atomic E-state index is 13.1. The molecule has 1 N–H and O–H groups in total. The summed E-state index contributed by atoms with van der Waals surface area (Å²) in [4.78, 5) is 26.5. The molecule has 1 saturated heterocycles. The summed E-state index contributed by atoms with van der Waals surface area (Å²) in [6.07, 6.45) is 2.37. The first-order valence-corrected chi connectivity index (χ1v) is 11.0. The van der Waals surface area contributed by atoms with Crippen LogP contribution < -0.4 is 21.3 Å². The summed E-state index contributed by atoms with van der Waals surface area (Å²) in [5, 5.41) is 14.4. The Hall–Kier alpha value is -3.38. The predicted octanol–water partition coefficient (Wildman–Crippen LogP) is 2.76. The van der Waals surface area contributed by atoms with Crippen molar-refractivity contribution in [2.24, 2.45) is 5.92 Å². The topological polar surface area (TPSA) is 87.9 Å². The Morgan fingerprint density at radius 1 is 1.09 bits per heavy atom. The van der Waals surface area contributed by atoms with Gasteiger partial charge in [0.05, 0.1) is 18.7 Å². The molecule has 6 nitrogen and oxygen atoms in total. The maximum absolute atomic E-state index is 13.1. The van der Waals surface area contributed by atoms with E-state index in [2.05, 4.69) is 6.92 Å². The van der Waals surface area contributed by atoms with Crippen molar-refractivity contribution in [2.75, 3.05) is 13.1 Å². The molecule has 0 saturated carbocycles. The highest BCUT2D eigenvalue weighted by molar-refractivity contribution is 5.97. The molecule has 1 aliphatic heterocycles. The molecule has 5 rings (SSSR count). The lowest BCUT2D eigenvalue weighted by atomic mass is 9.96. The summed E-state index contributed by atoms with van der Waals surface area (Å²) in [5.74, 6) is 0.528. The second kappa shape index (κ2) is 7.95. The molecule has 4 aromatic rings. The summed E-state index contributed by atoms with van der Waals surface area (Å²) in [6, 6.07) is 12.1. The van der Waals surface area contributed by atoms with E-state index in [1.165, 1.54) is 17.4 Å². The van der Waals surface area contributed by atoms with Crippen LogP contribution in [0.4, 0.5) is 0 Å². The van der Waals surface area contributed by atoms with Gasteiger partial charge in [-0.3, -0.25) is 0 Å². The van der Waals surface area contributed by atoms with Crippen molar-refractivity contribution in [3.05, 3.63) is 74.4 Å². The number of piperidine rings is 1. The monoisotopic (exact) mass is 431 g/mol. The highest BCUT2D eigenvalue weighted by Crippen LogP contribution is 2.34. The number of para-hydroxylation sites is 1. The molecule has 32 heavy (non-hydrogen) atoms. The standard InChI is InChI=1S/C26H25NO5/c1-15-6-5-9-27(13-15)14-18-11-20-19(12-23(28)32-25(20)16(2)24(18)29)21-10-17-7-3-4-8-22(17)31-26(21)30/h3-4,7-8,10-12,15,29H,5-6,9,13-14H2,1-2H3. The van der Waals surface area contributed by atoms with E-state index in [-0.39, 0.29) is 16.9 Å². The van der Waals surface area contributed by atoms with Crippen LogP contribution in [0.3, 0.4) is 0 Å². The van der Waals surface area contributed by atoms with E-state index in [0.29, 0.717) is 40.1 Å². The van der Waals surface area contributed by atoms with E-state index in [1.807, 2.05) is 12.1 Å². The molecule has 0 aliphatic carbocycles. The third-order valence-electron chi connectivity index (χ3n) is 6.53. The predicted molar refractivity (Wildman–Crippen MR) is 121 cm³/mol. The van der Waals surface area contributed by atoms with Gasteiger partial charge < -0.3 is 18.8 Å². The normalized spacial score (nSPS) is 18.9. The van der Waals surface area contributed by atoms with Crippen LogP contribution in [0, 0.1) is 12.8 Å². The summed E-state index contributed by atoms with van der Waals surface area (Å²) >= 11 is 0. The molecule has 2 atom stereocenters. The van der Waals surface area contributed by atoms with Gasteiger partial charge in [-0.05, 0) is 49.1 Å². The minimum Gasteiger partial charge on any atom is -0.872 e. The van der Waals surface area contributed by atoms with E-state index in [0.717, 1.165) is 24.9 Å². The number of aryl methyl sites for hydroxylation is 1. The van der Waals surface area contributed by atoms with Crippen LogP contribution in [-0.2, 0) is 6.54 Å². The van der Waals surface area contributed by atoms with Gasteiger partial charge >= 0.3 is 11.3 Å². The smallest absolute Gasteiger partial charge is 0.344 e. The van der Waals surface area contributed by atoms with E-state index < -0.39 is 11.3 Å². The average molecular weight is 431 g/mol. The Morgan fingerprint density at radius 2 is 1.91 bits per heavy atom. The SMILES string of the molecule is Cc1c([O-])c(C[NH+]2CCCC(C)C2)cc2c(-c3cc4ccccc4oc3=O)cc(=O)oc12. The maximum Gasteiger partial charge on any atom is 0.344 e. The number of rotatable bonds is 3. The Morgan fingerprint density at radius 3 is 2.72 bits per heavy atom. The Kier molecular flexibility index (Phi) is 5.10. The number of quaternary nitrogens is 1. The van der Waals surface area contributed by atoms with Gasteiger partial charge in [-0.1, -0.05) is 30.9 Å². The fourth-order valence-electron chi connectivity index (χ4n) is 4.94. The number of nitrogens with one attached hydrogen (secondary N) is 1. The number of likely N-dealkylation sites (tertiary alicyclic amines) is 1. The lowest BCUT2D eigenvalue weighted by Crippen LogP contribution is -3.12. The van der Waals surface area contributed by atoms with E-state index in [4.69, 9.17) is 8.83 Å². The van der Waals surface area contributed by atoms with Gasteiger partial charge in [0.25, 0.3) is 0 Å². The van der Waals surface area contributed by atoms with Gasteiger partial charge in [0.1, 0.15) is 17.7 Å². The zero-order chi connectivity index (χ0) is 22.4. The van der Waals surface area contributed by atoms with E-state index in [1.54, 1.807) is 31.2 Å². The first-order chi connectivity index (χ1) is 15.4. The summed E-state index contributed by atoms with van der Waals surface area (Å²) in [6.45, 7) is 6.60. The Bertz CT molecular complexity index is 1450. The molecule has 3 heterocycles. The molecule has 1 fully saturated rings. The van der Waals surface area contributed by atoms with Crippen LogP contribution in [0.5, 0.6) is 5.75 Å². The second-order valence-electron chi connectivity index (χ2n) is 8.96. The van der Waals surface area contributed by atoms with Gasteiger partial charge in [-0.25, -0.2) is 9.59 Å². The highest BCUT2D eigenvalue weighted by Gasteiger charge is 2.22. The lowest BCUT2D eigenvalue weighted by molar-refractivity contribution is -0.922. The quantitative estimate of drug-likeness (QED) is 0.504. The molecule has 0 spiro atoms. The third-order valence-corrected chi connectivity index (χ3v) is 6.53. The highest BCUT2D eigenvalue weighted by atomic mass is 16.4. The van der Waals surface area contributed by atoms with Crippen LogP contribution in [0.1, 0.15) is 30.9 Å². The Balaban J connectivity index is 1.71. The van der Waals surface area contributed by atoms with Gasteiger partial charge in [0.2, 0.25) is 0 Å². The van der Waals surface area contributed by atoms with Gasteiger partial charge in [0, 0.05) is 28.3 Å². The number of fused-ring (bicyclic) bond motifs is 2. The molecule has 1 aliphatic rings. The molecule has 2 aromatic carbocycles. The van der Waals surface area contributed by atoms with E-state index in [9.17, 15) is 14.7 Å². The molecule has 6 heteroatoms. The molecular formula is C26H25NO5. The number of hydrogen-bond donors (Lipinski definition) is 1. The van der Waals surface area contributed by atoms with Crippen molar-refractivity contribution in [3.8, 4) is 16.9 Å². The van der Waals surface area contributed by atoms with Crippen molar-refractivity contribution in [2.45, 2.75) is 33.2 Å². The summed E-state index contributed by atoms with van der Waals surface area (Å²) in [7, 11) is 0. The van der Waals surface area contributed by atoms with E-state index >= 15 is 0 Å². The molecule has 2 aromatic heterocycles. The second-order valence-corrected chi connectivity index (χ2v) is 8.96.